The van der Waals surface area contributed by atoms with E-state index in [1.807, 2.05) is 88.4 Å². The van der Waals surface area contributed by atoms with E-state index in [0.29, 0.717) is 23.0 Å². The van der Waals surface area contributed by atoms with E-state index in [2.05, 4.69) is 0 Å². The predicted molar refractivity (Wildman–Crippen MR) is 141 cm³/mol. The maximum Gasteiger partial charge on any atom is 0.805 e. The molecule has 2 atom stereocenters. The van der Waals surface area contributed by atoms with Crippen molar-refractivity contribution in [3.63, 3.8) is 0 Å². The Kier molecular flexibility index (Phi) is 8.00. The van der Waals surface area contributed by atoms with Crippen LogP contribution >= 0.6 is 16.5 Å². The molecule has 0 heterocycles. The average molecular weight is 520 g/mol. The standard InChI is InChI=1S/C28H26O6P2/c1-19-7-5-8-20(2)27(19)33-35(29)31-25-15-11-23(12-16-25)24-13-17-26(18-14-24)32-36(30)34-28-21(3)9-6-10-22(28)4/h5-18H,1-4H3/q+2. The fourth-order valence-electron chi connectivity index (χ4n) is 3.66. The van der Waals surface area contributed by atoms with E-state index in [9.17, 15) is 9.13 Å². The molecule has 0 fully saturated rings. The van der Waals surface area contributed by atoms with E-state index >= 15 is 0 Å². The third kappa shape index (κ3) is 6.28. The number of rotatable bonds is 9. The smallest absolute Gasteiger partial charge is 0.222 e. The molecule has 8 heteroatoms. The molecule has 0 amide bonds. The minimum Gasteiger partial charge on any atom is -0.222 e. The molecule has 182 valence electrons. The van der Waals surface area contributed by atoms with E-state index in [1.165, 1.54) is 0 Å². The molecule has 2 unspecified atom stereocenters. The molecule has 0 N–H and O–H groups in total. The number of hydrogen-bond donors (Lipinski definition) is 0. The summed E-state index contributed by atoms with van der Waals surface area (Å²) < 4.78 is 46.7. The van der Waals surface area contributed by atoms with E-state index in [-0.39, 0.29) is 0 Å². The SMILES string of the molecule is Cc1cccc(C)c1O[P+](=O)Oc1ccc(-c2ccc(O[P+](=O)Oc3c(C)cccc3C)cc2)cc1. The summed E-state index contributed by atoms with van der Waals surface area (Å²) in [5, 5.41) is 0. The molecule has 0 aliphatic heterocycles. The molecule has 36 heavy (non-hydrogen) atoms. The zero-order valence-corrected chi connectivity index (χ0v) is 22.2. The van der Waals surface area contributed by atoms with Crippen molar-refractivity contribution in [1.82, 2.24) is 0 Å². The molecule has 0 aromatic heterocycles. The van der Waals surface area contributed by atoms with Crippen molar-refractivity contribution in [2.24, 2.45) is 0 Å². The number of aryl methyl sites for hydroxylation is 4. The normalized spacial score (nSPS) is 11.4. The molecule has 0 spiro atoms. The summed E-state index contributed by atoms with van der Waals surface area (Å²) in [6, 6.07) is 25.8. The van der Waals surface area contributed by atoms with Crippen LogP contribution in [-0.2, 0) is 9.13 Å². The highest BCUT2D eigenvalue weighted by Gasteiger charge is 2.27. The number of benzene rings is 4. The third-order valence-corrected chi connectivity index (χ3v) is 6.93. The van der Waals surface area contributed by atoms with Crippen molar-refractivity contribution in [1.29, 1.82) is 0 Å². The van der Waals surface area contributed by atoms with Crippen LogP contribution in [0.25, 0.3) is 11.1 Å². The van der Waals surface area contributed by atoms with Crippen LogP contribution in [-0.4, -0.2) is 0 Å². The zero-order chi connectivity index (χ0) is 25.7. The summed E-state index contributed by atoms with van der Waals surface area (Å²) in [6.07, 6.45) is 0. The third-order valence-electron chi connectivity index (χ3n) is 5.55. The highest BCUT2D eigenvalue weighted by molar-refractivity contribution is 7.34. The second-order valence-corrected chi connectivity index (χ2v) is 9.93. The van der Waals surface area contributed by atoms with Gasteiger partial charge in [-0.15, -0.1) is 0 Å². The van der Waals surface area contributed by atoms with E-state index in [1.54, 1.807) is 24.3 Å². The Morgan fingerprint density at radius 1 is 0.444 bits per heavy atom. The minimum atomic E-state index is -2.37. The van der Waals surface area contributed by atoms with Gasteiger partial charge >= 0.3 is 16.5 Å². The van der Waals surface area contributed by atoms with Crippen LogP contribution < -0.4 is 18.1 Å². The van der Waals surface area contributed by atoms with Gasteiger partial charge in [0.25, 0.3) is 0 Å². The van der Waals surface area contributed by atoms with Gasteiger partial charge in [-0.2, -0.15) is 0 Å². The van der Waals surface area contributed by atoms with Gasteiger partial charge in [0.1, 0.15) is 0 Å². The topological polar surface area (TPSA) is 71.1 Å². The van der Waals surface area contributed by atoms with Crippen LogP contribution in [0, 0.1) is 27.7 Å². The first-order chi connectivity index (χ1) is 17.3. The second-order valence-electron chi connectivity index (χ2n) is 8.30. The molecular formula is C28H26O6P2+2. The Bertz CT molecular complexity index is 1250. The molecule has 4 rings (SSSR count). The van der Waals surface area contributed by atoms with Crippen molar-refractivity contribution >= 4 is 16.5 Å². The first kappa shape index (κ1) is 25.4. The largest absolute Gasteiger partial charge is 0.805 e. The van der Waals surface area contributed by atoms with Gasteiger partial charge in [-0.25, -0.2) is 18.1 Å². The van der Waals surface area contributed by atoms with Crippen molar-refractivity contribution in [3.05, 3.63) is 107 Å². The Balaban J connectivity index is 1.35. The van der Waals surface area contributed by atoms with E-state index in [4.69, 9.17) is 18.1 Å². The predicted octanol–water partition coefficient (Wildman–Crippen LogP) is 8.82. The summed E-state index contributed by atoms with van der Waals surface area (Å²) in [5.41, 5.74) is 5.43. The van der Waals surface area contributed by atoms with Gasteiger partial charge in [-0.3, -0.25) is 0 Å². The summed E-state index contributed by atoms with van der Waals surface area (Å²) in [4.78, 5) is 0. The minimum absolute atomic E-state index is 0.437. The van der Waals surface area contributed by atoms with E-state index in [0.717, 1.165) is 33.4 Å². The van der Waals surface area contributed by atoms with Crippen LogP contribution in [0.5, 0.6) is 23.0 Å². The summed E-state index contributed by atoms with van der Waals surface area (Å²) in [5.74, 6) is 2.01. The summed E-state index contributed by atoms with van der Waals surface area (Å²) >= 11 is 0. The molecule has 4 aromatic carbocycles. The van der Waals surface area contributed by atoms with E-state index < -0.39 is 16.5 Å². The molecule has 0 radical (unpaired) electrons. The van der Waals surface area contributed by atoms with Gasteiger partial charge in [0.05, 0.1) is 0 Å². The molecule has 6 nitrogen and oxygen atoms in total. The summed E-state index contributed by atoms with van der Waals surface area (Å²) in [6.45, 7) is 7.58. The first-order valence-corrected chi connectivity index (χ1v) is 13.5. The van der Waals surface area contributed by atoms with Gasteiger partial charge in [0, 0.05) is 9.13 Å². The first-order valence-electron chi connectivity index (χ1n) is 11.3. The highest BCUT2D eigenvalue weighted by Crippen LogP contribution is 2.37. The lowest BCUT2D eigenvalue weighted by atomic mass is 10.1. The lowest BCUT2D eigenvalue weighted by Crippen LogP contribution is -1.93. The van der Waals surface area contributed by atoms with Gasteiger partial charge < -0.3 is 0 Å². The molecule has 0 bridgehead atoms. The Morgan fingerprint density at radius 2 is 0.750 bits per heavy atom. The quantitative estimate of drug-likeness (QED) is 0.205. The maximum atomic E-state index is 12.4. The van der Waals surface area contributed by atoms with Crippen LogP contribution in [0.2, 0.25) is 0 Å². The van der Waals surface area contributed by atoms with Gasteiger partial charge in [-0.1, -0.05) is 60.7 Å². The van der Waals surface area contributed by atoms with Crippen LogP contribution in [0.1, 0.15) is 22.3 Å². The summed E-state index contributed by atoms with van der Waals surface area (Å²) in [7, 11) is -4.74. The van der Waals surface area contributed by atoms with Crippen LogP contribution in [0.4, 0.5) is 0 Å². The molecule has 0 aliphatic carbocycles. The Morgan fingerprint density at radius 3 is 1.06 bits per heavy atom. The maximum absolute atomic E-state index is 12.4. The molecule has 0 saturated carbocycles. The van der Waals surface area contributed by atoms with Gasteiger partial charge in [0.2, 0.25) is 0 Å². The van der Waals surface area contributed by atoms with Crippen LogP contribution in [0.15, 0.2) is 84.9 Å². The van der Waals surface area contributed by atoms with Crippen molar-refractivity contribution in [2.45, 2.75) is 27.7 Å². The monoisotopic (exact) mass is 520 g/mol. The van der Waals surface area contributed by atoms with Crippen molar-refractivity contribution in [3.8, 4) is 34.1 Å². The van der Waals surface area contributed by atoms with Crippen molar-refractivity contribution in [2.75, 3.05) is 0 Å². The Hall–Kier alpha value is -3.72. The van der Waals surface area contributed by atoms with Crippen molar-refractivity contribution < 1.29 is 27.2 Å². The van der Waals surface area contributed by atoms with Gasteiger partial charge in [0.15, 0.2) is 23.0 Å². The molecule has 0 saturated heterocycles. The fraction of sp³-hybridized carbons (Fsp3) is 0.143. The molecule has 0 aliphatic rings. The lowest BCUT2D eigenvalue weighted by Gasteiger charge is -2.04. The molecule has 4 aromatic rings. The second kappa shape index (κ2) is 11.3. The zero-order valence-electron chi connectivity index (χ0n) is 20.4. The average Bonchev–Trinajstić information content (AvgIpc) is 2.85. The van der Waals surface area contributed by atoms with Crippen LogP contribution in [0.3, 0.4) is 0 Å². The molecular weight excluding hydrogens is 494 g/mol. The highest BCUT2D eigenvalue weighted by atomic mass is 31.1. The number of hydrogen-bond acceptors (Lipinski definition) is 6. The number of para-hydroxylation sites is 2. The van der Waals surface area contributed by atoms with Gasteiger partial charge in [-0.05, 0) is 85.3 Å². The lowest BCUT2D eigenvalue weighted by molar-refractivity contribution is 0.412. The Labute approximate surface area is 212 Å². The fourth-order valence-corrected chi connectivity index (χ4v) is 5.20.